The second-order valence-electron chi connectivity index (χ2n) is 7.60. The van der Waals surface area contributed by atoms with Crippen molar-refractivity contribution in [2.24, 2.45) is 7.05 Å². The molecule has 1 spiro atoms. The highest BCUT2D eigenvalue weighted by Crippen LogP contribution is 2.31. The van der Waals surface area contributed by atoms with Gasteiger partial charge in [0.15, 0.2) is 0 Å². The number of piperidine rings is 1. The molecule has 26 heavy (non-hydrogen) atoms. The smallest absolute Gasteiger partial charge is 0.123 e. The zero-order valence-corrected chi connectivity index (χ0v) is 15.4. The monoisotopic (exact) mass is 358 g/mol. The topological polar surface area (TPSA) is 33.5 Å². The molecule has 2 aliphatic rings. The molecule has 1 aromatic carbocycles. The second kappa shape index (κ2) is 7.47. The van der Waals surface area contributed by atoms with Gasteiger partial charge in [-0.15, -0.1) is 0 Å². The Balaban J connectivity index is 1.33. The summed E-state index contributed by atoms with van der Waals surface area (Å²) >= 11 is 0. The molecule has 1 aromatic heterocycles. The molecule has 3 heterocycles. The highest BCUT2D eigenvalue weighted by Gasteiger charge is 2.39. The molecule has 2 fully saturated rings. The fraction of sp³-hybridized carbons (Fsp3) is 0.550. The van der Waals surface area contributed by atoms with E-state index in [1.54, 1.807) is 12.1 Å². The van der Waals surface area contributed by atoms with Gasteiger partial charge in [0.2, 0.25) is 0 Å². The van der Waals surface area contributed by atoms with Crippen molar-refractivity contribution in [1.29, 1.82) is 0 Å². The van der Waals surface area contributed by atoms with Crippen molar-refractivity contribution < 1.29 is 9.13 Å². The molecule has 0 atom stereocenters. The van der Waals surface area contributed by atoms with Crippen LogP contribution in [-0.4, -0.2) is 57.7 Å². The Kier molecular flexibility index (Phi) is 5.07. The van der Waals surface area contributed by atoms with Gasteiger partial charge >= 0.3 is 0 Å². The van der Waals surface area contributed by atoms with Gasteiger partial charge in [-0.1, -0.05) is 12.1 Å². The van der Waals surface area contributed by atoms with Gasteiger partial charge in [-0.3, -0.25) is 9.80 Å². The van der Waals surface area contributed by atoms with Gasteiger partial charge in [0.25, 0.3) is 0 Å². The Bertz CT molecular complexity index is 739. The summed E-state index contributed by atoms with van der Waals surface area (Å²) in [4.78, 5) is 9.30. The molecule has 2 aromatic rings. The second-order valence-corrected chi connectivity index (χ2v) is 7.60. The van der Waals surface area contributed by atoms with Crippen LogP contribution < -0.4 is 0 Å². The Morgan fingerprint density at radius 2 is 2.00 bits per heavy atom. The summed E-state index contributed by atoms with van der Waals surface area (Å²) in [5, 5.41) is 0. The van der Waals surface area contributed by atoms with Gasteiger partial charge in [0.1, 0.15) is 11.6 Å². The minimum absolute atomic E-state index is 0.0519. The van der Waals surface area contributed by atoms with E-state index < -0.39 is 0 Å². The number of halogens is 1. The van der Waals surface area contributed by atoms with Gasteiger partial charge in [-0.25, -0.2) is 9.37 Å². The van der Waals surface area contributed by atoms with E-state index in [0.717, 1.165) is 70.1 Å². The van der Waals surface area contributed by atoms with Crippen molar-refractivity contribution in [2.45, 2.75) is 31.5 Å². The Labute approximate surface area is 154 Å². The van der Waals surface area contributed by atoms with E-state index in [2.05, 4.69) is 19.4 Å². The maximum Gasteiger partial charge on any atom is 0.123 e. The predicted octanol–water partition coefficient (Wildman–Crippen LogP) is 2.43. The van der Waals surface area contributed by atoms with Crippen molar-refractivity contribution >= 4 is 0 Å². The third-order valence-corrected chi connectivity index (χ3v) is 5.68. The van der Waals surface area contributed by atoms with Gasteiger partial charge in [0.05, 0.1) is 18.8 Å². The Hall–Kier alpha value is -1.76. The minimum Gasteiger partial charge on any atom is -0.372 e. The fourth-order valence-corrected chi connectivity index (χ4v) is 4.12. The maximum atomic E-state index is 13.4. The van der Waals surface area contributed by atoms with Gasteiger partial charge < -0.3 is 9.30 Å². The van der Waals surface area contributed by atoms with Crippen LogP contribution in [0.3, 0.4) is 0 Å². The van der Waals surface area contributed by atoms with Crippen molar-refractivity contribution in [3.8, 4) is 0 Å². The van der Waals surface area contributed by atoms with Crippen molar-refractivity contribution in [3.05, 3.63) is 53.9 Å². The molecule has 0 saturated carbocycles. The predicted molar refractivity (Wildman–Crippen MR) is 98.1 cm³/mol. The molecule has 0 amide bonds. The van der Waals surface area contributed by atoms with Crippen LogP contribution in [0.15, 0.2) is 36.7 Å². The van der Waals surface area contributed by atoms with E-state index in [0.29, 0.717) is 0 Å². The molecule has 0 bridgehead atoms. The lowest BCUT2D eigenvalue weighted by atomic mass is 9.89. The number of aryl methyl sites for hydroxylation is 1. The molecular weight excluding hydrogens is 331 g/mol. The van der Waals surface area contributed by atoms with E-state index >= 15 is 0 Å². The standard InChI is InChI=1S/C20H27FN4O/c1-23-10-7-22-19(23)15-24-8-5-20(6-9-24)16-25(11-12-26-20)14-17-3-2-4-18(21)13-17/h2-4,7,10,13H,5-6,8-9,11-12,14-16H2,1H3. The average Bonchev–Trinajstić information content (AvgIpc) is 3.02. The lowest BCUT2D eigenvalue weighted by Gasteiger charge is -2.47. The summed E-state index contributed by atoms with van der Waals surface area (Å²) in [6.45, 7) is 6.34. The minimum atomic E-state index is -0.159. The largest absolute Gasteiger partial charge is 0.372 e. The lowest BCUT2D eigenvalue weighted by molar-refractivity contribution is -0.138. The van der Waals surface area contributed by atoms with Crippen LogP contribution in [-0.2, 0) is 24.9 Å². The molecule has 2 aliphatic heterocycles. The lowest BCUT2D eigenvalue weighted by Crippen LogP contribution is -2.56. The van der Waals surface area contributed by atoms with E-state index in [9.17, 15) is 4.39 Å². The van der Waals surface area contributed by atoms with Crippen molar-refractivity contribution in [2.75, 3.05) is 32.8 Å². The van der Waals surface area contributed by atoms with Crippen molar-refractivity contribution in [3.63, 3.8) is 0 Å². The summed E-state index contributed by atoms with van der Waals surface area (Å²) in [6, 6.07) is 6.93. The van der Waals surface area contributed by atoms with Crippen LogP contribution in [0.1, 0.15) is 24.2 Å². The summed E-state index contributed by atoms with van der Waals surface area (Å²) in [5.41, 5.74) is 0.984. The number of aromatic nitrogens is 2. The molecule has 2 saturated heterocycles. The number of hydrogen-bond donors (Lipinski definition) is 0. The highest BCUT2D eigenvalue weighted by atomic mass is 19.1. The normalized spacial score (nSPS) is 21.3. The number of imidazole rings is 1. The number of benzene rings is 1. The van der Waals surface area contributed by atoms with Crippen LogP contribution >= 0.6 is 0 Å². The molecule has 0 N–H and O–H groups in total. The number of ether oxygens (including phenoxy) is 1. The van der Waals surface area contributed by atoms with Gasteiger partial charge in [0, 0.05) is 52.2 Å². The highest BCUT2D eigenvalue weighted by molar-refractivity contribution is 5.16. The Morgan fingerprint density at radius 3 is 2.73 bits per heavy atom. The Morgan fingerprint density at radius 1 is 1.15 bits per heavy atom. The molecular formula is C20H27FN4O. The van der Waals surface area contributed by atoms with Crippen LogP contribution in [0.5, 0.6) is 0 Å². The van der Waals surface area contributed by atoms with Crippen LogP contribution in [0.4, 0.5) is 4.39 Å². The summed E-state index contributed by atoms with van der Waals surface area (Å²) < 4.78 is 21.8. The first-order valence-corrected chi connectivity index (χ1v) is 9.41. The first-order valence-electron chi connectivity index (χ1n) is 9.41. The molecule has 0 unspecified atom stereocenters. The number of morpholine rings is 1. The SMILES string of the molecule is Cn1ccnc1CN1CCC2(CC1)CN(Cc1cccc(F)c1)CCO2. The van der Waals surface area contributed by atoms with E-state index in [-0.39, 0.29) is 11.4 Å². The quantitative estimate of drug-likeness (QED) is 0.841. The van der Waals surface area contributed by atoms with E-state index in [1.165, 1.54) is 6.07 Å². The fourth-order valence-electron chi connectivity index (χ4n) is 4.12. The average molecular weight is 358 g/mol. The number of nitrogens with zero attached hydrogens (tertiary/aromatic N) is 4. The number of likely N-dealkylation sites (tertiary alicyclic amines) is 1. The summed E-state index contributed by atoms with van der Waals surface area (Å²) in [6.07, 6.45) is 5.93. The maximum absolute atomic E-state index is 13.4. The molecule has 0 radical (unpaired) electrons. The first-order chi connectivity index (χ1) is 12.6. The van der Waals surface area contributed by atoms with E-state index in [4.69, 9.17) is 4.74 Å². The number of rotatable bonds is 4. The molecule has 140 valence electrons. The zero-order chi connectivity index (χ0) is 18.0. The summed E-state index contributed by atoms with van der Waals surface area (Å²) in [7, 11) is 2.04. The molecule has 4 rings (SSSR count). The van der Waals surface area contributed by atoms with E-state index in [1.807, 2.05) is 25.5 Å². The van der Waals surface area contributed by atoms with Crippen LogP contribution in [0.2, 0.25) is 0 Å². The van der Waals surface area contributed by atoms with Crippen LogP contribution in [0.25, 0.3) is 0 Å². The third kappa shape index (κ3) is 3.98. The first kappa shape index (κ1) is 17.6. The van der Waals surface area contributed by atoms with Gasteiger partial charge in [-0.05, 0) is 30.5 Å². The summed E-state index contributed by atoms with van der Waals surface area (Å²) in [5.74, 6) is 0.950. The van der Waals surface area contributed by atoms with Crippen LogP contribution in [0, 0.1) is 5.82 Å². The molecule has 6 heteroatoms. The molecule has 5 nitrogen and oxygen atoms in total. The zero-order valence-electron chi connectivity index (χ0n) is 15.4. The third-order valence-electron chi connectivity index (χ3n) is 5.68. The molecule has 0 aliphatic carbocycles. The van der Waals surface area contributed by atoms with Gasteiger partial charge in [-0.2, -0.15) is 0 Å². The number of hydrogen-bond acceptors (Lipinski definition) is 4. The van der Waals surface area contributed by atoms with Crippen molar-refractivity contribution in [1.82, 2.24) is 19.4 Å².